The van der Waals surface area contributed by atoms with E-state index < -0.39 is 21.3 Å². The molecule has 1 saturated heterocycles. The number of hydrogen-bond donors (Lipinski definition) is 1. The van der Waals surface area contributed by atoms with Crippen LogP contribution in [0.25, 0.3) is 0 Å². The highest BCUT2D eigenvalue weighted by Gasteiger charge is 2.50. The van der Waals surface area contributed by atoms with Crippen molar-refractivity contribution in [3.63, 3.8) is 0 Å². The molecule has 0 unspecified atom stereocenters. The zero-order chi connectivity index (χ0) is 11.1. The summed E-state index contributed by atoms with van der Waals surface area (Å²) in [5.74, 6) is -0.600. The summed E-state index contributed by atoms with van der Waals surface area (Å²) >= 11 is 0. The average molecular weight is 233 g/mol. The van der Waals surface area contributed by atoms with Crippen LogP contribution < -0.4 is 0 Å². The molecule has 0 atom stereocenters. The van der Waals surface area contributed by atoms with Gasteiger partial charge in [0.1, 0.15) is 5.54 Å². The molecule has 2 aliphatic rings. The molecular weight excluding hydrogens is 218 g/mol. The van der Waals surface area contributed by atoms with Gasteiger partial charge in [-0.15, -0.1) is 0 Å². The van der Waals surface area contributed by atoms with Gasteiger partial charge in [-0.3, -0.25) is 9.69 Å². The summed E-state index contributed by atoms with van der Waals surface area (Å²) in [5, 5.41) is 9.17. The van der Waals surface area contributed by atoms with Gasteiger partial charge in [-0.25, -0.2) is 8.42 Å². The lowest BCUT2D eigenvalue weighted by molar-refractivity contribution is -0.158. The quantitative estimate of drug-likeness (QED) is 0.710. The second-order valence-electron chi connectivity index (χ2n) is 4.33. The van der Waals surface area contributed by atoms with E-state index in [1.54, 1.807) is 0 Å². The first-order valence-electron chi connectivity index (χ1n) is 5.15. The topological polar surface area (TPSA) is 74.7 Å². The summed E-state index contributed by atoms with van der Waals surface area (Å²) in [6, 6.07) is 0. The fourth-order valence-electron chi connectivity index (χ4n) is 2.32. The lowest BCUT2D eigenvalue weighted by Gasteiger charge is -2.48. The third-order valence-corrected chi connectivity index (χ3v) is 5.14. The highest BCUT2D eigenvalue weighted by atomic mass is 32.2. The van der Waals surface area contributed by atoms with Crippen LogP contribution in [-0.2, 0) is 14.6 Å². The SMILES string of the molecule is O=C(O)C1(N2CCS(=O)(=O)CC2)CCC1. The van der Waals surface area contributed by atoms with Crippen LogP contribution in [0.4, 0.5) is 0 Å². The van der Waals surface area contributed by atoms with Crippen molar-refractivity contribution in [2.24, 2.45) is 0 Å². The number of rotatable bonds is 2. The maximum atomic E-state index is 11.2. The highest BCUT2D eigenvalue weighted by Crippen LogP contribution is 2.38. The van der Waals surface area contributed by atoms with Gasteiger partial charge in [0.15, 0.2) is 9.84 Å². The smallest absolute Gasteiger partial charge is 0.324 e. The van der Waals surface area contributed by atoms with Gasteiger partial charge in [-0.2, -0.15) is 0 Å². The van der Waals surface area contributed by atoms with Crippen molar-refractivity contribution < 1.29 is 18.3 Å². The van der Waals surface area contributed by atoms with Crippen molar-refractivity contribution in [1.29, 1.82) is 0 Å². The Balaban J connectivity index is 2.09. The molecule has 86 valence electrons. The zero-order valence-corrected chi connectivity index (χ0v) is 9.29. The lowest BCUT2D eigenvalue weighted by Crippen LogP contribution is -2.62. The van der Waals surface area contributed by atoms with Crippen molar-refractivity contribution in [1.82, 2.24) is 4.90 Å². The van der Waals surface area contributed by atoms with Gasteiger partial charge < -0.3 is 5.11 Å². The molecule has 0 radical (unpaired) electrons. The summed E-state index contributed by atoms with van der Waals surface area (Å²) in [7, 11) is -2.92. The third kappa shape index (κ3) is 1.76. The van der Waals surface area contributed by atoms with Gasteiger partial charge in [0.2, 0.25) is 0 Å². The molecule has 0 amide bonds. The summed E-state index contributed by atoms with van der Waals surface area (Å²) in [5.41, 5.74) is -0.754. The van der Waals surface area contributed by atoms with E-state index in [-0.39, 0.29) is 11.5 Å². The van der Waals surface area contributed by atoms with E-state index in [2.05, 4.69) is 0 Å². The molecule has 6 heteroatoms. The molecule has 1 N–H and O–H groups in total. The Hall–Kier alpha value is -0.620. The van der Waals surface area contributed by atoms with Gasteiger partial charge >= 0.3 is 5.97 Å². The van der Waals surface area contributed by atoms with Gasteiger partial charge in [-0.05, 0) is 19.3 Å². The third-order valence-electron chi connectivity index (χ3n) is 3.53. The Morgan fingerprint density at radius 2 is 1.73 bits per heavy atom. The Kier molecular flexibility index (Phi) is 2.50. The van der Waals surface area contributed by atoms with Gasteiger partial charge in [0.25, 0.3) is 0 Å². The summed E-state index contributed by atoms with van der Waals surface area (Å²) in [6.45, 7) is 0.739. The molecule has 5 nitrogen and oxygen atoms in total. The molecule has 15 heavy (non-hydrogen) atoms. The van der Waals surface area contributed by atoms with E-state index in [0.717, 1.165) is 6.42 Å². The number of carbonyl (C=O) groups is 1. The van der Waals surface area contributed by atoms with E-state index in [9.17, 15) is 18.3 Å². The number of sulfone groups is 1. The molecule has 1 saturated carbocycles. The average Bonchev–Trinajstić information content (AvgIpc) is 2.05. The van der Waals surface area contributed by atoms with E-state index in [1.165, 1.54) is 0 Å². The Morgan fingerprint density at radius 3 is 2.07 bits per heavy atom. The number of aliphatic carboxylic acids is 1. The number of hydrogen-bond acceptors (Lipinski definition) is 4. The predicted molar refractivity (Wildman–Crippen MR) is 54.4 cm³/mol. The first-order valence-corrected chi connectivity index (χ1v) is 6.97. The normalized spacial score (nSPS) is 29.3. The van der Waals surface area contributed by atoms with Crippen LogP contribution in [0.3, 0.4) is 0 Å². The molecule has 0 aromatic heterocycles. The van der Waals surface area contributed by atoms with E-state index in [4.69, 9.17) is 0 Å². The Labute approximate surface area is 89.0 Å². The first-order chi connectivity index (χ1) is 6.96. The fourth-order valence-corrected chi connectivity index (χ4v) is 3.52. The Morgan fingerprint density at radius 1 is 1.20 bits per heavy atom. The van der Waals surface area contributed by atoms with Crippen LogP contribution in [0.1, 0.15) is 19.3 Å². The van der Waals surface area contributed by atoms with Crippen molar-refractivity contribution in [2.75, 3.05) is 24.6 Å². The highest BCUT2D eigenvalue weighted by molar-refractivity contribution is 7.91. The lowest BCUT2D eigenvalue weighted by atomic mass is 9.75. The van der Waals surface area contributed by atoms with Crippen molar-refractivity contribution in [3.05, 3.63) is 0 Å². The van der Waals surface area contributed by atoms with Crippen LogP contribution in [0, 0.1) is 0 Å². The summed E-state index contributed by atoms with van der Waals surface area (Å²) < 4.78 is 22.5. The molecule has 2 rings (SSSR count). The molecule has 0 aromatic rings. The standard InChI is InChI=1S/C9H15NO4S/c11-8(12)9(2-1-3-9)10-4-6-15(13,14)7-5-10/h1-7H2,(H,11,12). The molecule has 1 aliphatic carbocycles. The molecule has 0 aromatic carbocycles. The molecular formula is C9H15NO4S. The van der Waals surface area contributed by atoms with Crippen molar-refractivity contribution >= 4 is 15.8 Å². The van der Waals surface area contributed by atoms with Crippen LogP contribution in [0.15, 0.2) is 0 Å². The van der Waals surface area contributed by atoms with Crippen molar-refractivity contribution in [3.8, 4) is 0 Å². The van der Waals surface area contributed by atoms with Crippen LogP contribution in [0.2, 0.25) is 0 Å². The maximum Gasteiger partial charge on any atom is 0.324 e. The molecule has 1 heterocycles. The van der Waals surface area contributed by atoms with Crippen LogP contribution >= 0.6 is 0 Å². The minimum atomic E-state index is -2.92. The summed E-state index contributed by atoms with van der Waals surface area (Å²) in [4.78, 5) is 13.0. The molecule has 0 spiro atoms. The summed E-state index contributed by atoms with van der Waals surface area (Å²) in [6.07, 6.45) is 2.24. The zero-order valence-electron chi connectivity index (χ0n) is 8.48. The minimum Gasteiger partial charge on any atom is -0.480 e. The molecule has 2 fully saturated rings. The molecule has 1 aliphatic heterocycles. The molecule has 0 bridgehead atoms. The monoisotopic (exact) mass is 233 g/mol. The van der Waals surface area contributed by atoms with E-state index in [0.29, 0.717) is 25.9 Å². The predicted octanol–water partition coefficient (Wildman–Crippen LogP) is -0.276. The Bertz CT molecular complexity index is 358. The largest absolute Gasteiger partial charge is 0.480 e. The van der Waals surface area contributed by atoms with E-state index in [1.807, 2.05) is 4.90 Å². The number of carboxylic acids is 1. The second-order valence-corrected chi connectivity index (χ2v) is 6.63. The minimum absolute atomic E-state index is 0.0992. The van der Waals surface area contributed by atoms with Crippen LogP contribution in [-0.4, -0.2) is 54.5 Å². The first kappa shape index (κ1) is 10.9. The van der Waals surface area contributed by atoms with Crippen LogP contribution in [0.5, 0.6) is 0 Å². The van der Waals surface area contributed by atoms with Gasteiger partial charge in [0.05, 0.1) is 11.5 Å². The van der Waals surface area contributed by atoms with Gasteiger partial charge in [0, 0.05) is 13.1 Å². The van der Waals surface area contributed by atoms with Gasteiger partial charge in [-0.1, -0.05) is 0 Å². The van der Waals surface area contributed by atoms with Crippen molar-refractivity contribution in [2.45, 2.75) is 24.8 Å². The maximum absolute atomic E-state index is 11.2. The second kappa shape index (κ2) is 3.45. The van der Waals surface area contributed by atoms with E-state index >= 15 is 0 Å². The fraction of sp³-hybridized carbons (Fsp3) is 0.889. The number of carboxylic acid groups (broad SMARTS) is 1. The number of nitrogens with zero attached hydrogens (tertiary/aromatic N) is 1.